The van der Waals surface area contributed by atoms with Crippen molar-refractivity contribution in [3.05, 3.63) is 91.3 Å². The zero-order chi connectivity index (χ0) is 13.2. The van der Waals surface area contributed by atoms with Crippen LogP contribution in [0.4, 0.5) is 0 Å². The Kier molecular flexibility index (Phi) is 12.2. The third-order valence-electron chi connectivity index (χ3n) is 2.29. The molecule has 0 amide bonds. The molecule has 0 saturated heterocycles. The van der Waals surface area contributed by atoms with Crippen LogP contribution in [0.25, 0.3) is 0 Å². The van der Waals surface area contributed by atoms with Gasteiger partial charge >= 0.3 is 22.4 Å². The van der Waals surface area contributed by atoms with Crippen LogP contribution >= 0.6 is 8.58 Å². The van der Waals surface area contributed by atoms with E-state index in [0.717, 1.165) is 0 Å². The Hall–Kier alpha value is -0.950. The molecule has 0 fully saturated rings. The van der Waals surface area contributed by atoms with Gasteiger partial charge < -0.3 is 26.0 Å². The van der Waals surface area contributed by atoms with Crippen LogP contribution < -0.4 is 23.0 Å². The van der Waals surface area contributed by atoms with E-state index in [4.69, 9.17) is 0 Å². The Morgan fingerprint density at radius 3 is 1.52 bits per heavy atom. The molecule has 21 heavy (non-hydrogen) atoms. The van der Waals surface area contributed by atoms with E-state index in [0.29, 0.717) is 0 Å². The molecule has 4 heteroatoms. The standard InChI is InChI=1S/C12H10P.C5H4N.Au.ClH/c1-3-7-11(8-4-1)13-12-9-5-2-6-10-12;1-2-4-6-5-3-1;;/h1-10H;1-4H;;1H/q2*-1;+3;/p-1. The molecule has 2 aromatic carbocycles. The molecule has 1 heterocycles. The summed E-state index contributed by atoms with van der Waals surface area (Å²) in [6.45, 7) is 0. The minimum Gasteiger partial charge on any atom is -1.00 e. The van der Waals surface area contributed by atoms with Crippen molar-refractivity contribution in [1.29, 1.82) is 0 Å². The van der Waals surface area contributed by atoms with Crippen molar-refractivity contribution >= 4 is 19.2 Å². The zero-order valence-electron chi connectivity index (χ0n) is 11.2. The molecule has 0 spiro atoms. The predicted octanol–water partition coefficient (Wildman–Crippen LogP) is 0.467. The van der Waals surface area contributed by atoms with Crippen LogP contribution in [-0.4, -0.2) is 4.98 Å². The number of pyridine rings is 1. The molecule has 0 radical (unpaired) electrons. The van der Waals surface area contributed by atoms with E-state index >= 15 is 0 Å². The molecule has 3 aromatic rings. The third-order valence-corrected chi connectivity index (χ3v) is 3.40. The second-order valence-electron chi connectivity index (χ2n) is 3.74. The average molecular weight is 496 g/mol. The van der Waals surface area contributed by atoms with Gasteiger partial charge in [-0.25, -0.2) is 10.6 Å². The first-order valence-corrected chi connectivity index (χ1v) is 6.93. The summed E-state index contributed by atoms with van der Waals surface area (Å²) in [7, 11) is 1.28. The summed E-state index contributed by atoms with van der Waals surface area (Å²) in [5.41, 5.74) is 0. The number of aromatic nitrogens is 1. The average Bonchev–Trinajstić information content (AvgIpc) is 2.52. The maximum Gasteiger partial charge on any atom is 3.00 e. The van der Waals surface area contributed by atoms with Crippen molar-refractivity contribution in [3.63, 3.8) is 0 Å². The predicted molar refractivity (Wildman–Crippen MR) is 82.1 cm³/mol. The summed E-state index contributed by atoms with van der Waals surface area (Å²) < 4.78 is 0. The number of rotatable bonds is 2. The maximum atomic E-state index is 3.66. The molecular formula is C17H14AuClNP. The normalized spacial score (nSPS) is 8.38. The summed E-state index contributed by atoms with van der Waals surface area (Å²) in [4.78, 5) is 3.66. The van der Waals surface area contributed by atoms with Gasteiger partial charge in [-0.1, -0.05) is 73.1 Å². The SMILES string of the molecule is [Au+3].[Cl-].[c-]1ccccn1.c1ccc([P-]c2ccccc2)cc1. The minimum atomic E-state index is 0. The van der Waals surface area contributed by atoms with Gasteiger partial charge in [0.05, 0.1) is 0 Å². The summed E-state index contributed by atoms with van der Waals surface area (Å²) in [5.74, 6) is 0. The van der Waals surface area contributed by atoms with Gasteiger partial charge in [0, 0.05) is 0 Å². The summed E-state index contributed by atoms with van der Waals surface area (Å²) in [6, 6.07) is 26.5. The molecule has 0 aliphatic heterocycles. The number of nitrogens with zero attached hydrogens (tertiary/aromatic N) is 1. The van der Waals surface area contributed by atoms with Gasteiger partial charge in [-0.15, -0.1) is 0 Å². The van der Waals surface area contributed by atoms with Gasteiger partial charge in [-0.2, -0.15) is 18.2 Å². The molecule has 0 saturated carbocycles. The van der Waals surface area contributed by atoms with E-state index in [1.165, 1.54) is 19.2 Å². The van der Waals surface area contributed by atoms with E-state index in [1.54, 1.807) is 12.3 Å². The summed E-state index contributed by atoms with van der Waals surface area (Å²) in [5, 5.41) is 2.68. The molecule has 0 unspecified atom stereocenters. The quantitative estimate of drug-likeness (QED) is 0.286. The molecule has 0 aliphatic rings. The number of halogens is 1. The van der Waals surface area contributed by atoms with Crippen LogP contribution in [-0.2, 0) is 22.4 Å². The second kappa shape index (κ2) is 12.8. The van der Waals surface area contributed by atoms with Crippen molar-refractivity contribution in [1.82, 2.24) is 4.98 Å². The number of benzene rings is 2. The second-order valence-corrected chi connectivity index (χ2v) is 5.00. The fraction of sp³-hybridized carbons (Fsp3) is 0. The fourth-order valence-corrected chi connectivity index (χ4v) is 2.37. The molecule has 1 nitrogen and oxygen atoms in total. The van der Waals surface area contributed by atoms with E-state index in [2.05, 4.69) is 59.7 Å². The van der Waals surface area contributed by atoms with E-state index in [1.807, 2.05) is 24.3 Å². The van der Waals surface area contributed by atoms with Gasteiger partial charge in [0.2, 0.25) is 0 Å². The van der Waals surface area contributed by atoms with Crippen molar-refractivity contribution in [2.45, 2.75) is 0 Å². The minimum absolute atomic E-state index is 0. The van der Waals surface area contributed by atoms with Gasteiger partial charge in [-0.3, -0.25) is 0 Å². The van der Waals surface area contributed by atoms with E-state index in [9.17, 15) is 0 Å². The van der Waals surface area contributed by atoms with Crippen LogP contribution in [0.2, 0.25) is 0 Å². The Bertz CT molecular complexity index is 500. The molecule has 0 N–H and O–H groups in total. The molecule has 3 rings (SSSR count). The molecule has 0 atom stereocenters. The van der Waals surface area contributed by atoms with E-state index in [-0.39, 0.29) is 34.8 Å². The maximum absolute atomic E-state index is 3.66. The van der Waals surface area contributed by atoms with Gasteiger partial charge in [0.1, 0.15) is 0 Å². The largest absolute Gasteiger partial charge is 3.00 e. The molecular weight excluding hydrogens is 482 g/mol. The number of hydrogen-bond donors (Lipinski definition) is 0. The van der Waals surface area contributed by atoms with Gasteiger partial charge in [0.25, 0.3) is 0 Å². The van der Waals surface area contributed by atoms with Gasteiger partial charge in [-0.05, 0) is 0 Å². The Labute approximate surface area is 149 Å². The van der Waals surface area contributed by atoms with Crippen molar-refractivity contribution in [2.24, 2.45) is 0 Å². The zero-order valence-corrected chi connectivity index (χ0v) is 15.0. The van der Waals surface area contributed by atoms with Crippen LogP contribution in [0.3, 0.4) is 0 Å². The first-order valence-electron chi connectivity index (χ1n) is 6.04. The Balaban J connectivity index is 0.000000430. The summed E-state index contributed by atoms with van der Waals surface area (Å²) in [6.07, 6.45) is 4.34. The molecule has 0 aliphatic carbocycles. The fourth-order valence-electron chi connectivity index (χ4n) is 1.43. The molecule has 1 aromatic heterocycles. The Morgan fingerprint density at radius 2 is 1.24 bits per heavy atom. The molecule has 0 bridgehead atoms. The number of hydrogen-bond acceptors (Lipinski definition) is 1. The third kappa shape index (κ3) is 8.83. The molecule has 110 valence electrons. The van der Waals surface area contributed by atoms with Crippen molar-refractivity contribution in [2.75, 3.05) is 0 Å². The monoisotopic (exact) mass is 495 g/mol. The van der Waals surface area contributed by atoms with Crippen LogP contribution in [0.1, 0.15) is 0 Å². The first kappa shape index (κ1) is 20.1. The van der Waals surface area contributed by atoms with Crippen molar-refractivity contribution in [3.8, 4) is 0 Å². The van der Waals surface area contributed by atoms with Gasteiger partial charge in [0.15, 0.2) is 0 Å². The smallest absolute Gasteiger partial charge is 1.00 e. The first-order chi connectivity index (χ1) is 9.45. The summed E-state index contributed by atoms with van der Waals surface area (Å²) >= 11 is 0. The van der Waals surface area contributed by atoms with Crippen LogP contribution in [0.5, 0.6) is 0 Å². The van der Waals surface area contributed by atoms with Crippen molar-refractivity contribution < 1.29 is 34.8 Å². The van der Waals surface area contributed by atoms with Crippen LogP contribution in [0.15, 0.2) is 85.1 Å². The topological polar surface area (TPSA) is 12.9 Å². The van der Waals surface area contributed by atoms with E-state index < -0.39 is 0 Å². The van der Waals surface area contributed by atoms with Crippen LogP contribution in [0, 0.1) is 6.20 Å². The Morgan fingerprint density at radius 1 is 0.714 bits per heavy atom.